The zero-order chi connectivity index (χ0) is 16.9. The van der Waals surface area contributed by atoms with Gasteiger partial charge >= 0.3 is 178 Å². The van der Waals surface area contributed by atoms with Crippen LogP contribution in [0.3, 0.4) is 0 Å². The van der Waals surface area contributed by atoms with Gasteiger partial charge in [-0.15, -0.1) is 0 Å². The third kappa shape index (κ3) is 5.83. The van der Waals surface area contributed by atoms with Crippen LogP contribution in [0.25, 0.3) is 0 Å². The Morgan fingerprint density at radius 1 is 0.708 bits per heavy atom. The van der Waals surface area contributed by atoms with Gasteiger partial charge < -0.3 is 0 Å². The zero-order valence-corrected chi connectivity index (χ0v) is 23.6. The molecule has 3 heterocycles. The van der Waals surface area contributed by atoms with E-state index in [-0.39, 0.29) is 0 Å². The minimum absolute atomic E-state index is 0.913. The van der Waals surface area contributed by atoms with E-state index in [0.717, 1.165) is 13.7 Å². The summed E-state index contributed by atoms with van der Waals surface area (Å²) >= 11 is 6.75. The molecule has 142 valence electrons. The van der Waals surface area contributed by atoms with Crippen molar-refractivity contribution in [3.05, 3.63) is 0 Å². The number of thioether (sulfide) groups is 3. The van der Waals surface area contributed by atoms with Crippen LogP contribution >= 0.6 is 79.5 Å². The SMILES string of the molecule is CCC[S][Sb]([S]CCC)([S]C1CCS1)([S]C1CCS1)[S]C1CCS1. The summed E-state index contributed by atoms with van der Waals surface area (Å²) < 4.78 is 2.74. The Kier molecular flexibility index (Phi) is 9.84. The van der Waals surface area contributed by atoms with Gasteiger partial charge in [0.05, 0.1) is 0 Å². The fourth-order valence-electron chi connectivity index (χ4n) is 2.24. The van der Waals surface area contributed by atoms with Crippen molar-refractivity contribution in [2.45, 2.75) is 59.7 Å². The van der Waals surface area contributed by atoms with E-state index >= 15 is 0 Å². The van der Waals surface area contributed by atoms with Crippen LogP contribution in [0.5, 0.6) is 0 Å². The molecule has 0 spiro atoms. The fourth-order valence-corrected chi connectivity index (χ4v) is 112. The fraction of sp³-hybridized carbons (Fsp3) is 1.00. The van der Waals surface area contributed by atoms with Crippen molar-refractivity contribution in [1.82, 2.24) is 0 Å². The molecule has 0 radical (unpaired) electrons. The molecule has 3 rings (SSSR count). The number of hydrogen-bond acceptors (Lipinski definition) is 8. The topological polar surface area (TPSA) is 0 Å². The quantitative estimate of drug-likeness (QED) is 0.210. The Balaban J connectivity index is 1.85. The van der Waals surface area contributed by atoms with Crippen molar-refractivity contribution < 1.29 is 0 Å². The average molecular weight is 588 g/mol. The van der Waals surface area contributed by atoms with Crippen molar-refractivity contribution in [2.24, 2.45) is 0 Å². The molecule has 0 N–H and O–H groups in total. The first-order valence-corrected chi connectivity index (χ1v) is 32.1. The van der Waals surface area contributed by atoms with Gasteiger partial charge in [0, 0.05) is 0 Å². The summed E-state index contributed by atoms with van der Waals surface area (Å²) in [6, 6.07) is 0. The monoisotopic (exact) mass is 586 g/mol. The van der Waals surface area contributed by atoms with E-state index in [1.807, 2.05) is 0 Å². The molecule has 0 aromatic carbocycles. The van der Waals surface area contributed by atoms with E-state index in [1.165, 1.54) is 60.9 Å². The summed E-state index contributed by atoms with van der Waals surface area (Å²) in [4.78, 5) is 0. The summed E-state index contributed by atoms with van der Waals surface area (Å²) in [5, 5.41) is 0. The summed E-state index contributed by atoms with van der Waals surface area (Å²) in [7, 11) is 9.70. The number of hydrogen-bond donors (Lipinski definition) is 0. The molecular formula is C15H29S8Sb. The second kappa shape index (κ2) is 10.6. The van der Waals surface area contributed by atoms with Crippen molar-refractivity contribution >= 4 is 89.9 Å². The third-order valence-electron chi connectivity index (χ3n) is 3.85. The van der Waals surface area contributed by atoms with Gasteiger partial charge in [-0.05, 0) is 0 Å². The van der Waals surface area contributed by atoms with Gasteiger partial charge in [-0.25, -0.2) is 0 Å². The summed E-state index contributed by atoms with van der Waals surface area (Å²) in [6.07, 6.45) is 7.08. The van der Waals surface area contributed by atoms with Gasteiger partial charge in [0.1, 0.15) is 0 Å². The van der Waals surface area contributed by atoms with Gasteiger partial charge in [0.2, 0.25) is 0 Å². The minimum atomic E-state index is -2.96. The molecule has 3 aliphatic heterocycles. The molecule has 24 heavy (non-hydrogen) atoms. The summed E-state index contributed by atoms with van der Waals surface area (Å²) in [5.74, 6) is 6.99. The van der Waals surface area contributed by atoms with Crippen molar-refractivity contribution in [3.8, 4) is 0 Å². The average Bonchev–Trinajstić information content (AvgIpc) is 2.48. The first-order valence-electron chi connectivity index (χ1n) is 8.91. The molecule has 0 aliphatic carbocycles. The van der Waals surface area contributed by atoms with Gasteiger partial charge in [0.15, 0.2) is 0 Å². The van der Waals surface area contributed by atoms with Crippen LogP contribution in [0.15, 0.2) is 0 Å². The van der Waals surface area contributed by atoms with Gasteiger partial charge in [0.25, 0.3) is 0 Å². The Morgan fingerprint density at radius 2 is 1.04 bits per heavy atom. The van der Waals surface area contributed by atoms with Gasteiger partial charge in [-0.2, -0.15) is 0 Å². The molecule has 9 heteroatoms. The van der Waals surface area contributed by atoms with Crippen LogP contribution in [-0.4, -0.2) is 52.9 Å². The van der Waals surface area contributed by atoms with Crippen LogP contribution in [0, 0.1) is 0 Å². The van der Waals surface area contributed by atoms with Crippen LogP contribution in [0.4, 0.5) is 0 Å². The zero-order valence-electron chi connectivity index (χ0n) is 14.5. The summed E-state index contributed by atoms with van der Waals surface area (Å²) in [5.41, 5.74) is 0. The maximum atomic E-state index is 2.55. The molecule has 3 aliphatic rings. The normalized spacial score (nSPS) is 31.4. The van der Waals surface area contributed by atoms with E-state index in [1.54, 1.807) is 0 Å². The van der Waals surface area contributed by atoms with Crippen LogP contribution in [0.2, 0.25) is 0 Å². The molecule has 0 aromatic rings. The van der Waals surface area contributed by atoms with Crippen molar-refractivity contribution in [3.63, 3.8) is 0 Å². The Bertz CT molecular complexity index is 341. The molecule has 0 bridgehead atoms. The maximum absolute atomic E-state index is 2.96. The second-order valence-electron chi connectivity index (χ2n) is 6.00. The molecule has 3 saturated heterocycles. The Morgan fingerprint density at radius 3 is 1.25 bits per heavy atom. The standard InChI is InChI=1S/3C3H6S2.2C3H8S.Sb/c3*4-3-1-2-5-3;2*1-2-3-4;/h3*3-4H,1-2H2;2*4H,2-3H2,1H3;/q;;;;;+5/p-5. The molecule has 3 atom stereocenters. The van der Waals surface area contributed by atoms with E-state index < -0.39 is 10.4 Å². The van der Waals surface area contributed by atoms with E-state index in [0.29, 0.717) is 0 Å². The van der Waals surface area contributed by atoms with E-state index in [2.05, 4.69) is 93.4 Å². The molecular weight excluding hydrogens is 558 g/mol. The Hall–Kier alpha value is 3.62. The molecule has 0 amide bonds. The Labute approximate surface area is 176 Å². The molecule has 0 nitrogen and oxygen atoms in total. The first kappa shape index (κ1) is 22.3. The molecule has 3 unspecified atom stereocenters. The second-order valence-corrected chi connectivity index (χ2v) is 68.6. The third-order valence-corrected chi connectivity index (χ3v) is 81.0. The van der Waals surface area contributed by atoms with Crippen molar-refractivity contribution in [2.75, 3.05) is 28.8 Å². The van der Waals surface area contributed by atoms with Gasteiger partial charge in [-0.1, -0.05) is 0 Å². The first-order chi connectivity index (χ1) is 11.7. The summed E-state index contributed by atoms with van der Waals surface area (Å²) in [6.45, 7) is 4.77. The van der Waals surface area contributed by atoms with E-state index in [4.69, 9.17) is 0 Å². The molecule has 0 saturated carbocycles. The molecule has 3 fully saturated rings. The molecule has 0 aromatic heterocycles. The van der Waals surface area contributed by atoms with Crippen LogP contribution in [0.1, 0.15) is 46.0 Å². The van der Waals surface area contributed by atoms with Gasteiger partial charge in [-0.3, -0.25) is 0 Å². The predicted octanol–water partition coefficient (Wildman–Crippen LogP) is 7.75. The van der Waals surface area contributed by atoms with Crippen LogP contribution < -0.4 is 0 Å². The van der Waals surface area contributed by atoms with Crippen molar-refractivity contribution in [1.29, 1.82) is 0 Å². The van der Waals surface area contributed by atoms with E-state index in [9.17, 15) is 0 Å². The number of rotatable bonds is 12. The van der Waals surface area contributed by atoms with Crippen LogP contribution in [-0.2, 0) is 0 Å². The predicted molar refractivity (Wildman–Crippen MR) is 137 cm³/mol.